The van der Waals surface area contributed by atoms with Crippen LogP contribution in [0.4, 0.5) is 0 Å². The minimum absolute atomic E-state index is 0.497. The number of ether oxygens (including phenoxy) is 1. The molecule has 1 aliphatic heterocycles. The number of nitrogens with one attached hydrogen (secondary N) is 2. The molecule has 0 unspecified atom stereocenters. The van der Waals surface area contributed by atoms with Crippen LogP contribution in [0.25, 0.3) is 0 Å². The topological polar surface area (TPSA) is 48.9 Å². The summed E-state index contributed by atoms with van der Waals surface area (Å²) in [4.78, 5) is 6.84. The van der Waals surface area contributed by atoms with Crippen molar-refractivity contribution in [2.24, 2.45) is 4.99 Å². The summed E-state index contributed by atoms with van der Waals surface area (Å²) in [6.45, 7) is 8.15. The first kappa shape index (κ1) is 19.1. The molecule has 6 heteroatoms. The number of benzene rings is 1. The van der Waals surface area contributed by atoms with Crippen molar-refractivity contribution in [2.45, 2.75) is 38.8 Å². The fourth-order valence-electron chi connectivity index (χ4n) is 2.84. The zero-order chi connectivity index (χ0) is 17.4. The van der Waals surface area contributed by atoms with Crippen LogP contribution in [-0.4, -0.2) is 56.2 Å². The third-order valence-electron chi connectivity index (χ3n) is 4.28. The predicted molar refractivity (Wildman–Crippen MR) is 104 cm³/mol. The van der Waals surface area contributed by atoms with Crippen LogP contribution in [0.2, 0.25) is 0 Å². The van der Waals surface area contributed by atoms with E-state index in [0.717, 1.165) is 48.7 Å². The van der Waals surface area contributed by atoms with E-state index in [1.807, 2.05) is 31.3 Å². The number of hydrogen-bond acceptors (Lipinski definition) is 3. The SMILES string of the molecule is CN=C(NCCOc1cccc(Br)c1)NC1CCN(C(C)C)CC1. The molecule has 1 aromatic rings. The van der Waals surface area contributed by atoms with Crippen molar-refractivity contribution < 1.29 is 4.74 Å². The maximum Gasteiger partial charge on any atom is 0.191 e. The molecule has 0 aromatic heterocycles. The highest BCUT2D eigenvalue weighted by Gasteiger charge is 2.21. The fourth-order valence-corrected chi connectivity index (χ4v) is 3.22. The summed E-state index contributed by atoms with van der Waals surface area (Å²) in [5.74, 6) is 1.73. The number of rotatable bonds is 6. The molecule has 0 radical (unpaired) electrons. The molecule has 24 heavy (non-hydrogen) atoms. The Hall–Kier alpha value is -1.27. The van der Waals surface area contributed by atoms with E-state index in [2.05, 4.69) is 50.3 Å². The van der Waals surface area contributed by atoms with Crippen LogP contribution < -0.4 is 15.4 Å². The Labute approximate surface area is 154 Å². The Morgan fingerprint density at radius 2 is 2.12 bits per heavy atom. The second-order valence-corrected chi connectivity index (χ2v) is 7.27. The monoisotopic (exact) mass is 396 g/mol. The van der Waals surface area contributed by atoms with Crippen LogP contribution in [0.3, 0.4) is 0 Å². The molecule has 1 fully saturated rings. The van der Waals surface area contributed by atoms with Gasteiger partial charge in [0.05, 0.1) is 6.54 Å². The zero-order valence-corrected chi connectivity index (χ0v) is 16.5. The Bertz CT molecular complexity index is 528. The quantitative estimate of drug-likeness (QED) is 0.440. The molecule has 1 aromatic carbocycles. The van der Waals surface area contributed by atoms with E-state index in [1.54, 1.807) is 0 Å². The summed E-state index contributed by atoms with van der Waals surface area (Å²) in [7, 11) is 1.81. The minimum atomic E-state index is 0.497. The Morgan fingerprint density at radius 1 is 1.38 bits per heavy atom. The standard InChI is InChI=1S/C18H29BrN4O/c1-14(2)23-10-7-16(8-11-23)22-18(20-3)21-9-12-24-17-6-4-5-15(19)13-17/h4-6,13-14,16H,7-12H2,1-3H3,(H2,20,21,22). The van der Waals surface area contributed by atoms with Crippen LogP contribution in [-0.2, 0) is 0 Å². The summed E-state index contributed by atoms with van der Waals surface area (Å²) >= 11 is 3.45. The third kappa shape index (κ3) is 6.32. The molecule has 0 bridgehead atoms. The molecule has 0 saturated carbocycles. The van der Waals surface area contributed by atoms with Gasteiger partial charge < -0.3 is 20.3 Å². The summed E-state index contributed by atoms with van der Waals surface area (Å²) in [6, 6.07) is 9.02. The molecule has 0 aliphatic carbocycles. The second-order valence-electron chi connectivity index (χ2n) is 6.35. The van der Waals surface area contributed by atoms with Crippen molar-refractivity contribution in [2.75, 3.05) is 33.3 Å². The average molecular weight is 397 g/mol. The lowest BCUT2D eigenvalue weighted by Crippen LogP contribution is -2.50. The highest BCUT2D eigenvalue weighted by molar-refractivity contribution is 9.10. The van der Waals surface area contributed by atoms with E-state index in [-0.39, 0.29) is 0 Å². The highest BCUT2D eigenvalue weighted by Crippen LogP contribution is 2.17. The second kappa shape index (κ2) is 9.89. The Balaban J connectivity index is 1.66. The number of aliphatic imine (C=N–C) groups is 1. The molecule has 0 amide bonds. The van der Waals surface area contributed by atoms with Gasteiger partial charge in [0.25, 0.3) is 0 Å². The molecule has 1 saturated heterocycles. The summed E-state index contributed by atoms with van der Waals surface area (Å²) in [5.41, 5.74) is 0. The predicted octanol–water partition coefficient (Wildman–Crippen LogP) is 2.87. The molecule has 2 rings (SSSR count). The van der Waals surface area contributed by atoms with E-state index in [1.165, 1.54) is 0 Å². The Morgan fingerprint density at radius 3 is 2.75 bits per heavy atom. The molecule has 0 atom stereocenters. The summed E-state index contributed by atoms with van der Waals surface area (Å²) in [6.07, 6.45) is 2.32. The van der Waals surface area contributed by atoms with Gasteiger partial charge in [-0.15, -0.1) is 0 Å². The molecule has 2 N–H and O–H groups in total. The van der Waals surface area contributed by atoms with Gasteiger partial charge in [-0.25, -0.2) is 0 Å². The van der Waals surface area contributed by atoms with Crippen LogP contribution >= 0.6 is 15.9 Å². The van der Waals surface area contributed by atoms with E-state index < -0.39 is 0 Å². The fraction of sp³-hybridized carbons (Fsp3) is 0.611. The number of piperidine rings is 1. The van der Waals surface area contributed by atoms with Crippen molar-refractivity contribution in [3.05, 3.63) is 28.7 Å². The molecule has 134 valence electrons. The van der Waals surface area contributed by atoms with Crippen molar-refractivity contribution >= 4 is 21.9 Å². The summed E-state index contributed by atoms with van der Waals surface area (Å²) in [5, 5.41) is 6.85. The van der Waals surface area contributed by atoms with Crippen molar-refractivity contribution in [3.63, 3.8) is 0 Å². The Kier molecular flexibility index (Phi) is 7.85. The van der Waals surface area contributed by atoms with Gasteiger partial charge in [-0.1, -0.05) is 22.0 Å². The highest BCUT2D eigenvalue weighted by atomic mass is 79.9. The summed E-state index contributed by atoms with van der Waals surface area (Å²) < 4.78 is 6.76. The lowest BCUT2D eigenvalue weighted by atomic mass is 10.0. The zero-order valence-electron chi connectivity index (χ0n) is 14.9. The maximum atomic E-state index is 5.73. The van der Waals surface area contributed by atoms with Crippen LogP contribution in [0.1, 0.15) is 26.7 Å². The van der Waals surface area contributed by atoms with Gasteiger partial charge in [0.15, 0.2) is 5.96 Å². The van der Waals surface area contributed by atoms with Gasteiger partial charge in [0.2, 0.25) is 0 Å². The number of nitrogens with zero attached hydrogens (tertiary/aromatic N) is 2. The van der Waals surface area contributed by atoms with Gasteiger partial charge in [-0.05, 0) is 44.9 Å². The lowest BCUT2D eigenvalue weighted by Gasteiger charge is -2.35. The van der Waals surface area contributed by atoms with Crippen molar-refractivity contribution in [1.82, 2.24) is 15.5 Å². The largest absolute Gasteiger partial charge is 0.492 e. The lowest BCUT2D eigenvalue weighted by molar-refractivity contribution is 0.167. The first-order chi connectivity index (χ1) is 11.6. The number of likely N-dealkylation sites (tertiary alicyclic amines) is 1. The number of hydrogen-bond donors (Lipinski definition) is 2. The van der Waals surface area contributed by atoms with E-state index in [4.69, 9.17) is 4.74 Å². The minimum Gasteiger partial charge on any atom is -0.492 e. The smallest absolute Gasteiger partial charge is 0.191 e. The van der Waals surface area contributed by atoms with Crippen molar-refractivity contribution in [3.8, 4) is 5.75 Å². The maximum absolute atomic E-state index is 5.73. The van der Waals surface area contributed by atoms with Gasteiger partial charge in [-0.2, -0.15) is 0 Å². The first-order valence-electron chi connectivity index (χ1n) is 8.68. The molecular weight excluding hydrogens is 368 g/mol. The van der Waals surface area contributed by atoms with Crippen LogP contribution in [0.5, 0.6) is 5.75 Å². The number of halogens is 1. The van der Waals surface area contributed by atoms with Crippen molar-refractivity contribution in [1.29, 1.82) is 0 Å². The first-order valence-corrected chi connectivity index (χ1v) is 9.47. The van der Waals surface area contributed by atoms with Gasteiger partial charge in [0.1, 0.15) is 12.4 Å². The van der Waals surface area contributed by atoms with Gasteiger partial charge >= 0.3 is 0 Å². The molecule has 1 aliphatic rings. The molecular formula is C18H29BrN4O. The van der Waals surface area contributed by atoms with E-state index in [9.17, 15) is 0 Å². The average Bonchev–Trinajstić information content (AvgIpc) is 2.58. The number of guanidine groups is 1. The van der Waals surface area contributed by atoms with Gasteiger partial charge in [-0.3, -0.25) is 4.99 Å². The van der Waals surface area contributed by atoms with Crippen LogP contribution in [0, 0.1) is 0 Å². The normalized spacial score (nSPS) is 17.1. The molecule has 1 heterocycles. The molecule has 5 nitrogen and oxygen atoms in total. The van der Waals surface area contributed by atoms with E-state index >= 15 is 0 Å². The van der Waals surface area contributed by atoms with E-state index in [0.29, 0.717) is 18.7 Å². The van der Waals surface area contributed by atoms with Gasteiger partial charge in [0, 0.05) is 36.7 Å². The third-order valence-corrected chi connectivity index (χ3v) is 4.78. The van der Waals surface area contributed by atoms with Crippen LogP contribution in [0.15, 0.2) is 33.7 Å². The molecule has 0 spiro atoms.